The van der Waals surface area contributed by atoms with Gasteiger partial charge in [0.15, 0.2) is 0 Å². The van der Waals surface area contributed by atoms with Gasteiger partial charge in [-0.3, -0.25) is 4.79 Å². The molecule has 6 nitrogen and oxygen atoms in total. The van der Waals surface area contributed by atoms with Gasteiger partial charge in [0.25, 0.3) is 5.91 Å². The summed E-state index contributed by atoms with van der Waals surface area (Å²) in [4.78, 5) is 24.6. The molecule has 4 aromatic rings. The number of carbonyl (C=O) groups is 2. The number of hydrogen-bond donors (Lipinski definition) is 1. The lowest BCUT2D eigenvalue weighted by Crippen LogP contribution is -2.17. The molecule has 0 aliphatic heterocycles. The number of benzene rings is 4. The summed E-state index contributed by atoms with van der Waals surface area (Å²) in [7, 11) is 0. The molecule has 0 aromatic heterocycles. The van der Waals surface area contributed by atoms with Gasteiger partial charge in [-0.05, 0) is 85.3 Å². The Balaban J connectivity index is 1.26. The zero-order valence-corrected chi connectivity index (χ0v) is 21.3. The van der Waals surface area contributed by atoms with Crippen molar-refractivity contribution in [3.05, 3.63) is 129 Å². The van der Waals surface area contributed by atoms with E-state index in [2.05, 4.69) is 10.5 Å². The Hall–Kier alpha value is -4.13. The van der Waals surface area contributed by atoms with Crippen LogP contribution in [0.5, 0.6) is 11.5 Å². The molecule has 8 heteroatoms. The van der Waals surface area contributed by atoms with Crippen molar-refractivity contribution in [1.82, 2.24) is 5.43 Å². The summed E-state index contributed by atoms with van der Waals surface area (Å²) in [5.41, 5.74) is 5.98. The molecule has 0 aliphatic carbocycles. The number of ether oxygens (including phenoxy) is 2. The number of carbonyl (C=O) groups excluding carboxylic acids is 2. The molecule has 0 atom stereocenters. The molecule has 0 heterocycles. The Morgan fingerprint density at radius 2 is 1.49 bits per heavy atom. The van der Waals surface area contributed by atoms with E-state index in [-0.39, 0.29) is 12.5 Å². The molecule has 4 aromatic carbocycles. The van der Waals surface area contributed by atoms with E-state index in [1.54, 1.807) is 78.9 Å². The van der Waals surface area contributed by atoms with Gasteiger partial charge in [-0.15, -0.1) is 0 Å². The second kappa shape index (κ2) is 12.2. The molecule has 0 aliphatic rings. The minimum absolute atomic E-state index is 0.274. The molecular formula is C29H22Cl2N2O4. The van der Waals surface area contributed by atoms with Crippen molar-refractivity contribution in [2.75, 3.05) is 0 Å². The fraction of sp³-hybridized carbons (Fsp3) is 0.0690. The maximum atomic E-state index is 12.4. The summed E-state index contributed by atoms with van der Waals surface area (Å²) in [6, 6.07) is 25.8. The SMILES string of the molecule is Cc1ccc(C(=O)Oc2ccc(/C=N\NC(=O)c3ccc(OCc4ccc(Cl)cc4Cl)cc3)cc2)cc1. The van der Waals surface area contributed by atoms with Crippen LogP contribution in [0.25, 0.3) is 0 Å². The molecule has 0 unspecified atom stereocenters. The van der Waals surface area contributed by atoms with Crippen molar-refractivity contribution >= 4 is 41.3 Å². The standard InChI is InChI=1S/C29H22Cl2N2O4/c1-19-2-6-22(7-3-19)29(35)37-26-12-4-20(5-13-26)17-32-33-28(34)21-9-14-25(15-10-21)36-18-23-8-11-24(30)16-27(23)31/h2-17H,18H2,1H3,(H,33,34)/b32-17-. The first-order valence-corrected chi connectivity index (χ1v) is 12.0. The monoisotopic (exact) mass is 532 g/mol. The van der Waals surface area contributed by atoms with Crippen molar-refractivity contribution in [1.29, 1.82) is 0 Å². The fourth-order valence-corrected chi connectivity index (χ4v) is 3.67. The van der Waals surface area contributed by atoms with Crippen LogP contribution in [0.2, 0.25) is 10.0 Å². The Labute approximate surface area is 224 Å². The molecule has 0 saturated carbocycles. The van der Waals surface area contributed by atoms with Crippen LogP contribution in [0, 0.1) is 6.92 Å². The van der Waals surface area contributed by atoms with E-state index in [4.69, 9.17) is 32.7 Å². The number of hydrogen-bond acceptors (Lipinski definition) is 5. The highest BCUT2D eigenvalue weighted by Crippen LogP contribution is 2.23. The third-order valence-corrected chi connectivity index (χ3v) is 5.87. The van der Waals surface area contributed by atoms with Gasteiger partial charge in [-0.2, -0.15) is 5.10 Å². The first-order chi connectivity index (χ1) is 17.9. The summed E-state index contributed by atoms with van der Waals surface area (Å²) < 4.78 is 11.1. The fourth-order valence-electron chi connectivity index (χ4n) is 3.21. The largest absolute Gasteiger partial charge is 0.489 e. The van der Waals surface area contributed by atoms with Crippen molar-refractivity contribution < 1.29 is 19.1 Å². The highest BCUT2D eigenvalue weighted by Gasteiger charge is 2.09. The van der Waals surface area contributed by atoms with Gasteiger partial charge < -0.3 is 9.47 Å². The van der Waals surface area contributed by atoms with Crippen LogP contribution in [0.4, 0.5) is 0 Å². The molecular weight excluding hydrogens is 511 g/mol. The third kappa shape index (κ3) is 7.43. The molecule has 0 fully saturated rings. The molecule has 0 spiro atoms. The summed E-state index contributed by atoms with van der Waals surface area (Å²) in [6.07, 6.45) is 1.50. The van der Waals surface area contributed by atoms with E-state index in [0.717, 1.165) is 16.7 Å². The molecule has 37 heavy (non-hydrogen) atoms. The predicted molar refractivity (Wildman–Crippen MR) is 145 cm³/mol. The topological polar surface area (TPSA) is 77.0 Å². The average molecular weight is 533 g/mol. The Morgan fingerprint density at radius 3 is 2.16 bits per heavy atom. The minimum Gasteiger partial charge on any atom is -0.489 e. The smallest absolute Gasteiger partial charge is 0.343 e. The van der Waals surface area contributed by atoms with Crippen LogP contribution >= 0.6 is 23.2 Å². The summed E-state index contributed by atoms with van der Waals surface area (Å²) in [5.74, 6) is 0.202. The molecule has 1 amide bonds. The highest BCUT2D eigenvalue weighted by molar-refractivity contribution is 6.35. The van der Waals surface area contributed by atoms with Gasteiger partial charge in [-0.1, -0.05) is 47.0 Å². The summed E-state index contributed by atoms with van der Waals surface area (Å²) >= 11 is 12.1. The normalized spacial score (nSPS) is 10.8. The average Bonchev–Trinajstić information content (AvgIpc) is 2.90. The van der Waals surface area contributed by atoms with E-state index in [1.165, 1.54) is 6.21 Å². The maximum absolute atomic E-state index is 12.4. The lowest BCUT2D eigenvalue weighted by atomic mass is 10.1. The quantitative estimate of drug-likeness (QED) is 0.116. The van der Waals surface area contributed by atoms with E-state index >= 15 is 0 Å². The first-order valence-electron chi connectivity index (χ1n) is 11.3. The van der Waals surface area contributed by atoms with E-state index in [0.29, 0.717) is 32.7 Å². The Kier molecular flexibility index (Phi) is 8.56. The molecule has 1 N–H and O–H groups in total. The number of esters is 1. The summed E-state index contributed by atoms with van der Waals surface area (Å²) in [5, 5.41) is 5.08. The molecule has 4 rings (SSSR count). The van der Waals surface area contributed by atoms with Gasteiger partial charge in [-0.25, -0.2) is 10.2 Å². The molecule has 0 bridgehead atoms. The van der Waals surface area contributed by atoms with E-state index < -0.39 is 5.97 Å². The van der Waals surface area contributed by atoms with Gasteiger partial charge >= 0.3 is 5.97 Å². The number of aryl methyl sites for hydroxylation is 1. The lowest BCUT2D eigenvalue weighted by Gasteiger charge is -2.08. The van der Waals surface area contributed by atoms with Crippen molar-refractivity contribution in [3.8, 4) is 11.5 Å². The number of halogens is 2. The number of rotatable bonds is 8. The van der Waals surface area contributed by atoms with Gasteiger partial charge in [0.2, 0.25) is 0 Å². The molecule has 0 saturated heterocycles. The summed E-state index contributed by atoms with van der Waals surface area (Å²) in [6.45, 7) is 2.22. The third-order valence-electron chi connectivity index (χ3n) is 5.28. The first kappa shape index (κ1) is 25.9. The van der Waals surface area contributed by atoms with Crippen LogP contribution in [0.3, 0.4) is 0 Å². The number of amides is 1. The van der Waals surface area contributed by atoms with Gasteiger partial charge in [0, 0.05) is 21.2 Å². The molecule has 0 radical (unpaired) electrons. The second-order valence-electron chi connectivity index (χ2n) is 8.07. The van der Waals surface area contributed by atoms with Crippen LogP contribution in [-0.4, -0.2) is 18.1 Å². The Morgan fingerprint density at radius 1 is 0.838 bits per heavy atom. The highest BCUT2D eigenvalue weighted by atomic mass is 35.5. The predicted octanol–water partition coefficient (Wildman–Crippen LogP) is 6.86. The van der Waals surface area contributed by atoms with Crippen LogP contribution in [-0.2, 0) is 6.61 Å². The van der Waals surface area contributed by atoms with Crippen molar-refractivity contribution in [2.45, 2.75) is 13.5 Å². The van der Waals surface area contributed by atoms with Crippen LogP contribution in [0.15, 0.2) is 96.1 Å². The van der Waals surface area contributed by atoms with Gasteiger partial charge in [0.05, 0.1) is 11.8 Å². The van der Waals surface area contributed by atoms with E-state index in [1.807, 2.05) is 19.1 Å². The second-order valence-corrected chi connectivity index (χ2v) is 8.92. The zero-order chi connectivity index (χ0) is 26.2. The number of hydrazone groups is 1. The Bertz CT molecular complexity index is 1420. The molecule has 186 valence electrons. The zero-order valence-electron chi connectivity index (χ0n) is 19.8. The van der Waals surface area contributed by atoms with Crippen LogP contribution in [0.1, 0.15) is 37.4 Å². The van der Waals surface area contributed by atoms with Crippen molar-refractivity contribution in [3.63, 3.8) is 0 Å². The van der Waals surface area contributed by atoms with Crippen molar-refractivity contribution in [2.24, 2.45) is 5.10 Å². The minimum atomic E-state index is -0.432. The number of nitrogens with zero attached hydrogens (tertiary/aromatic N) is 1. The number of nitrogens with one attached hydrogen (secondary N) is 1. The van der Waals surface area contributed by atoms with Crippen LogP contribution < -0.4 is 14.9 Å². The maximum Gasteiger partial charge on any atom is 0.343 e. The van der Waals surface area contributed by atoms with Gasteiger partial charge in [0.1, 0.15) is 18.1 Å². The van der Waals surface area contributed by atoms with E-state index in [9.17, 15) is 9.59 Å². The lowest BCUT2D eigenvalue weighted by molar-refractivity contribution is 0.0734.